The van der Waals surface area contributed by atoms with Crippen LogP contribution in [0.3, 0.4) is 0 Å². The minimum Gasteiger partial charge on any atom is -0.318 e. The van der Waals surface area contributed by atoms with Gasteiger partial charge in [0, 0.05) is 18.3 Å². The van der Waals surface area contributed by atoms with Gasteiger partial charge in [0.1, 0.15) is 0 Å². The van der Waals surface area contributed by atoms with Crippen molar-refractivity contribution in [3.63, 3.8) is 0 Å². The van der Waals surface area contributed by atoms with Crippen LogP contribution in [0.2, 0.25) is 0 Å². The quantitative estimate of drug-likeness (QED) is 0.625. The first kappa shape index (κ1) is 12.5. The average Bonchev–Trinajstić information content (AvgIpc) is 2.83. The van der Waals surface area contributed by atoms with Crippen molar-refractivity contribution >= 4 is 29.2 Å². The summed E-state index contributed by atoms with van der Waals surface area (Å²) in [7, 11) is 1.67. The van der Waals surface area contributed by atoms with E-state index in [2.05, 4.69) is 0 Å². The summed E-state index contributed by atoms with van der Waals surface area (Å²) in [5, 5.41) is 1.91. The topological polar surface area (TPSA) is 37.4 Å². The highest BCUT2D eigenvalue weighted by molar-refractivity contribution is 7.12. The molecule has 1 amide bonds. The van der Waals surface area contributed by atoms with Crippen molar-refractivity contribution in [1.82, 2.24) is 0 Å². The molecule has 92 valence electrons. The lowest BCUT2D eigenvalue weighted by Crippen LogP contribution is -2.13. The molecular formula is C14H13NO2S. The van der Waals surface area contributed by atoms with Crippen LogP contribution in [0.15, 0.2) is 35.7 Å². The van der Waals surface area contributed by atoms with Crippen molar-refractivity contribution in [3.05, 3.63) is 51.7 Å². The SMILES string of the molecule is Cc1ccsc1C(=O)c1ccc(N(C)C=O)cc1. The molecule has 0 bridgehead atoms. The molecule has 0 saturated heterocycles. The van der Waals surface area contributed by atoms with E-state index in [-0.39, 0.29) is 5.78 Å². The molecule has 1 aromatic carbocycles. The van der Waals surface area contributed by atoms with Crippen molar-refractivity contribution < 1.29 is 9.59 Å². The molecule has 18 heavy (non-hydrogen) atoms. The zero-order valence-electron chi connectivity index (χ0n) is 10.2. The van der Waals surface area contributed by atoms with Crippen LogP contribution in [-0.2, 0) is 4.79 Å². The first-order valence-electron chi connectivity index (χ1n) is 5.50. The number of aryl methyl sites for hydroxylation is 1. The summed E-state index contributed by atoms with van der Waals surface area (Å²) in [6, 6.07) is 8.97. The van der Waals surface area contributed by atoms with Gasteiger partial charge in [-0.1, -0.05) is 0 Å². The Bertz CT molecular complexity index is 572. The molecule has 3 nitrogen and oxygen atoms in total. The van der Waals surface area contributed by atoms with Crippen molar-refractivity contribution in [2.75, 3.05) is 11.9 Å². The molecule has 4 heteroatoms. The molecule has 1 heterocycles. The molecule has 1 aromatic heterocycles. The van der Waals surface area contributed by atoms with Crippen LogP contribution < -0.4 is 4.90 Å². The Balaban J connectivity index is 2.28. The molecule has 0 radical (unpaired) electrons. The number of anilines is 1. The Hall–Kier alpha value is -1.94. The predicted octanol–water partition coefficient (Wildman–Crippen LogP) is 2.88. The normalized spacial score (nSPS) is 10.1. The molecule has 2 aromatic rings. The van der Waals surface area contributed by atoms with Gasteiger partial charge in [-0.15, -0.1) is 11.3 Å². The molecule has 0 spiro atoms. The Labute approximate surface area is 110 Å². The summed E-state index contributed by atoms with van der Waals surface area (Å²) < 4.78 is 0. The zero-order chi connectivity index (χ0) is 13.1. The van der Waals surface area contributed by atoms with Crippen LogP contribution >= 0.6 is 11.3 Å². The van der Waals surface area contributed by atoms with E-state index in [0.29, 0.717) is 5.56 Å². The van der Waals surface area contributed by atoms with Crippen LogP contribution in [0.1, 0.15) is 20.8 Å². The third-order valence-electron chi connectivity index (χ3n) is 2.76. The third kappa shape index (κ3) is 2.33. The lowest BCUT2D eigenvalue weighted by molar-refractivity contribution is -0.107. The van der Waals surface area contributed by atoms with E-state index in [1.54, 1.807) is 31.3 Å². The van der Waals surface area contributed by atoms with Crippen LogP contribution in [-0.4, -0.2) is 19.2 Å². The Kier molecular flexibility index (Phi) is 3.58. The fourth-order valence-corrected chi connectivity index (χ4v) is 2.53. The van der Waals surface area contributed by atoms with Gasteiger partial charge in [0.15, 0.2) is 0 Å². The minimum absolute atomic E-state index is 0.0304. The largest absolute Gasteiger partial charge is 0.318 e. The minimum atomic E-state index is 0.0304. The standard InChI is InChI=1S/C14H13NO2S/c1-10-7-8-18-14(10)13(17)11-3-5-12(6-4-11)15(2)9-16/h3-9H,1-2H3. The molecule has 0 aliphatic heterocycles. The van der Waals surface area contributed by atoms with E-state index in [9.17, 15) is 9.59 Å². The summed E-state index contributed by atoms with van der Waals surface area (Å²) in [6.07, 6.45) is 0.736. The Morgan fingerprint density at radius 2 is 1.89 bits per heavy atom. The third-order valence-corrected chi connectivity index (χ3v) is 3.78. The summed E-state index contributed by atoms with van der Waals surface area (Å²) in [5.41, 5.74) is 2.41. The van der Waals surface area contributed by atoms with Crippen molar-refractivity contribution in [1.29, 1.82) is 0 Å². The number of carbonyl (C=O) groups is 2. The molecule has 0 aliphatic carbocycles. The molecule has 0 aliphatic rings. The second kappa shape index (κ2) is 5.14. The summed E-state index contributed by atoms with van der Waals surface area (Å²) in [4.78, 5) is 25.1. The molecule has 2 rings (SSSR count). The first-order chi connectivity index (χ1) is 8.63. The van der Waals surface area contributed by atoms with Gasteiger partial charge in [-0.2, -0.15) is 0 Å². The van der Waals surface area contributed by atoms with Gasteiger partial charge in [-0.25, -0.2) is 0 Å². The van der Waals surface area contributed by atoms with E-state index < -0.39 is 0 Å². The van der Waals surface area contributed by atoms with Crippen molar-refractivity contribution in [2.24, 2.45) is 0 Å². The maximum atomic E-state index is 12.2. The predicted molar refractivity (Wildman–Crippen MR) is 73.4 cm³/mol. The summed E-state index contributed by atoms with van der Waals surface area (Å²) >= 11 is 1.45. The number of benzene rings is 1. The van der Waals surface area contributed by atoms with Gasteiger partial charge in [0.2, 0.25) is 12.2 Å². The number of hydrogen-bond donors (Lipinski definition) is 0. The maximum Gasteiger partial charge on any atom is 0.213 e. The Morgan fingerprint density at radius 3 is 2.39 bits per heavy atom. The molecule has 0 fully saturated rings. The van der Waals surface area contributed by atoms with Crippen LogP contribution in [0, 0.1) is 6.92 Å². The molecule has 0 N–H and O–H groups in total. The van der Waals surface area contributed by atoms with Gasteiger partial charge in [0.25, 0.3) is 0 Å². The van der Waals surface area contributed by atoms with E-state index in [0.717, 1.165) is 22.5 Å². The number of carbonyl (C=O) groups excluding carboxylic acids is 2. The lowest BCUT2D eigenvalue weighted by Gasteiger charge is -2.10. The molecule has 0 saturated carbocycles. The number of ketones is 1. The highest BCUT2D eigenvalue weighted by Crippen LogP contribution is 2.21. The van der Waals surface area contributed by atoms with Crippen LogP contribution in [0.25, 0.3) is 0 Å². The highest BCUT2D eigenvalue weighted by Gasteiger charge is 2.13. The summed E-state index contributed by atoms with van der Waals surface area (Å²) in [6.45, 7) is 1.93. The van der Waals surface area contributed by atoms with E-state index in [1.165, 1.54) is 16.2 Å². The monoisotopic (exact) mass is 259 g/mol. The number of thiophene rings is 1. The number of nitrogens with zero attached hydrogens (tertiary/aromatic N) is 1. The maximum absolute atomic E-state index is 12.2. The highest BCUT2D eigenvalue weighted by atomic mass is 32.1. The summed E-state index contributed by atoms with van der Waals surface area (Å²) in [5.74, 6) is 0.0304. The fourth-order valence-electron chi connectivity index (χ4n) is 1.65. The zero-order valence-corrected chi connectivity index (χ0v) is 11.0. The number of amides is 1. The smallest absolute Gasteiger partial charge is 0.213 e. The van der Waals surface area contributed by atoms with E-state index >= 15 is 0 Å². The van der Waals surface area contributed by atoms with Crippen LogP contribution in [0.5, 0.6) is 0 Å². The van der Waals surface area contributed by atoms with Gasteiger partial charge in [-0.05, 0) is 48.2 Å². The lowest BCUT2D eigenvalue weighted by atomic mass is 10.1. The number of hydrogen-bond acceptors (Lipinski definition) is 3. The van der Waals surface area contributed by atoms with Gasteiger partial charge < -0.3 is 4.90 Å². The molecule has 0 unspecified atom stereocenters. The van der Waals surface area contributed by atoms with E-state index in [4.69, 9.17) is 0 Å². The fraction of sp³-hybridized carbons (Fsp3) is 0.143. The van der Waals surface area contributed by atoms with Gasteiger partial charge in [-0.3, -0.25) is 9.59 Å². The second-order valence-electron chi connectivity index (χ2n) is 4.03. The van der Waals surface area contributed by atoms with E-state index in [1.807, 2.05) is 18.4 Å². The van der Waals surface area contributed by atoms with Gasteiger partial charge in [0.05, 0.1) is 4.88 Å². The average molecular weight is 259 g/mol. The van der Waals surface area contributed by atoms with Crippen LogP contribution in [0.4, 0.5) is 5.69 Å². The Morgan fingerprint density at radius 1 is 1.22 bits per heavy atom. The second-order valence-corrected chi connectivity index (χ2v) is 4.94. The van der Waals surface area contributed by atoms with Crippen molar-refractivity contribution in [3.8, 4) is 0 Å². The first-order valence-corrected chi connectivity index (χ1v) is 6.38. The van der Waals surface area contributed by atoms with Crippen molar-refractivity contribution in [2.45, 2.75) is 6.92 Å². The molecular weight excluding hydrogens is 246 g/mol. The number of rotatable bonds is 4. The molecule has 0 atom stereocenters. The van der Waals surface area contributed by atoms with Gasteiger partial charge >= 0.3 is 0 Å².